The van der Waals surface area contributed by atoms with Crippen molar-refractivity contribution in [2.45, 2.75) is 77.4 Å². The number of hydrogen-bond acceptors (Lipinski definition) is 11. The van der Waals surface area contributed by atoms with E-state index < -0.39 is 35.1 Å². The highest BCUT2D eigenvalue weighted by Crippen LogP contribution is 2.38. The SMILES string of the molecule is CC(C)(C)OC(=O)Nc1ncnc2c1ncn2Cc1c(Br)cc(Cl)cc1N1CCC(NC(=O)OC(C)(C)C)(C2N=CNN2)C1. The van der Waals surface area contributed by atoms with E-state index in [1.54, 1.807) is 33.4 Å². The predicted molar refractivity (Wildman–Crippen MR) is 171 cm³/mol. The molecule has 44 heavy (non-hydrogen) atoms. The lowest BCUT2D eigenvalue weighted by atomic mass is 9.95. The summed E-state index contributed by atoms with van der Waals surface area (Å²) < 4.78 is 13.6. The fourth-order valence-electron chi connectivity index (χ4n) is 5.17. The Morgan fingerprint density at radius 3 is 2.52 bits per heavy atom. The summed E-state index contributed by atoms with van der Waals surface area (Å²) in [6, 6.07) is 3.73. The smallest absolute Gasteiger partial charge is 0.413 e. The van der Waals surface area contributed by atoms with Gasteiger partial charge in [0, 0.05) is 33.8 Å². The fourth-order valence-corrected chi connectivity index (χ4v) is 6.09. The number of aliphatic imine (C=N–C) groups is 1. The number of hydrazine groups is 1. The first-order valence-electron chi connectivity index (χ1n) is 14.1. The van der Waals surface area contributed by atoms with E-state index >= 15 is 0 Å². The monoisotopic (exact) mass is 690 g/mol. The van der Waals surface area contributed by atoms with Crippen LogP contribution in [0.5, 0.6) is 0 Å². The molecule has 16 heteroatoms. The van der Waals surface area contributed by atoms with E-state index in [4.69, 9.17) is 21.1 Å². The summed E-state index contributed by atoms with van der Waals surface area (Å²) in [5.74, 6) is 0.245. The van der Waals surface area contributed by atoms with Gasteiger partial charge in [-0.25, -0.2) is 30.0 Å². The quantitative estimate of drug-likeness (QED) is 0.288. The minimum absolute atomic E-state index is 0.245. The first-order valence-corrected chi connectivity index (χ1v) is 15.2. The Hall–Kier alpha value is -3.69. The Labute approximate surface area is 268 Å². The molecule has 0 spiro atoms. The highest BCUT2D eigenvalue weighted by Gasteiger charge is 2.48. The van der Waals surface area contributed by atoms with Crippen molar-refractivity contribution in [3.63, 3.8) is 0 Å². The number of carbonyl (C=O) groups excluding carboxylic acids is 2. The number of fused-ring (bicyclic) bond motifs is 1. The molecule has 3 aromatic rings. The van der Waals surface area contributed by atoms with Crippen LogP contribution in [0.3, 0.4) is 0 Å². The summed E-state index contributed by atoms with van der Waals surface area (Å²) in [5.41, 5.74) is 6.69. The number of halogens is 2. The van der Waals surface area contributed by atoms with Gasteiger partial charge in [-0.1, -0.05) is 27.5 Å². The van der Waals surface area contributed by atoms with Gasteiger partial charge in [-0.2, -0.15) is 0 Å². The number of ether oxygens (including phenoxy) is 2. The van der Waals surface area contributed by atoms with Crippen LogP contribution in [0.2, 0.25) is 5.02 Å². The van der Waals surface area contributed by atoms with Crippen molar-refractivity contribution >= 4 is 68.7 Å². The molecule has 0 aliphatic carbocycles. The third-order valence-corrected chi connectivity index (χ3v) is 7.83. The van der Waals surface area contributed by atoms with Crippen molar-refractivity contribution in [3.8, 4) is 0 Å². The van der Waals surface area contributed by atoms with E-state index in [-0.39, 0.29) is 5.82 Å². The van der Waals surface area contributed by atoms with Crippen LogP contribution in [0.15, 0.2) is 34.3 Å². The van der Waals surface area contributed by atoms with Gasteiger partial charge in [-0.3, -0.25) is 10.3 Å². The lowest BCUT2D eigenvalue weighted by Crippen LogP contribution is -2.62. The van der Waals surface area contributed by atoms with Crippen molar-refractivity contribution in [3.05, 3.63) is 39.8 Å². The third kappa shape index (κ3) is 7.16. The molecule has 4 N–H and O–H groups in total. The van der Waals surface area contributed by atoms with Crippen molar-refractivity contribution in [2.75, 3.05) is 23.3 Å². The van der Waals surface area contributed by atoms with Gasteiger partial charge in [0.15, 0.2) is 17.0 Å². The zero-order valence-corrected chi connectivity index (χ0v) is 27.7. The second-order valence-corrected chi connectivity index (χ2v) is 14.0. The number of imidazole rings is 1. The fraction of sp³-hybridized carbons (Fsp3) is 0.500. The van der Waals surface area contributed by atoms with Crippen molar-refractivity contribution in [1.82, 2.24) is 35.7 Å². The second kappa shape index (κ2) is 12.0. The van der Waals surface area contributed by atoms with Gasteiger partial charge in [0.2, 0.25) is 0 Å². The van der Waals surface area contributed by atoms with Gasteiger partial charge in [-0.15, -0.1) is 0 Å². The van der Waals surface area contributed by atoms with Gasteiger partial charge in [0.1, 0.15) is 23.7 Å². The minimum Gasteiger partial charge on any atom is -0.444 e. The average Bonchev–Trinajstić information content (AvgIpc) is 3.64. The van der Waals surface area contributed by atoms with E-state index in [2.05, 4.69) is 62.3 Å². The third-order valence-electron chi connectivity index (χ3n) is 6.91. The molecule has 2 unspecified atom stereocenters. The lowest BCUT2D eigenvalue weighted by molar-refractivity contribution is 0.0441. The number of nitrogens with zero attached hydrogens (tertiary/aromatic N) is 6. The van der Waals surface area contributed by atoms with Crippen LogP contribution >= 0.6 is 27.5 Å². The molecule has 2 aromatic heterocycles. The zero-order valence-electron chi connectivity index (χ0n) is 25.4. The summed E-state index contributed by atoms with van der Waals surface area (Å²) in [6.45, 7) is 12.2. The van der Waals surface area contributed by atoms with Crippen LogP contribution in [0, 0.1) is 0 Å². The number of amides is 2. The van der Waals surface area contributed by atoms with E-state index in [0.717, 1.165) is 15.7 Å². The number of carbonyl (C=O) groups is 2. The Morgan fingerprint density at radius 1 is 1.11 bits per heavy atom. The zero-order chi connectivity index (χ0) is 31.9. The Morgan fingerprint density at radius 2 is 1.84 bits per heavy atom. The Kier molecular flexibility index (Phi) is 8.66. The van der Waals surface area contributed by atoms with E-state index in [0.29, 0.717) is 42.2 Å². The molecule has 2 aliphatic heterocycles. The number of anilines is 2. The van der Waals surface area contributed by atoms with Gasteiger partial charge < -0.3 is 29.7 Å². The van der Waals surface area contributed by atoms with Gasteiger partial charge in [-0.05, 0) is 60.1 Å². The standard InChI is InChI=1S/C28H36BrClN10O4/c1-26(2,3)43-24(41)36-21-20-22(32-13-31-21)40(15-34-20)11-17-18(29)9-16(30)10-19(17)39-8-7-28(12-39,23-33-14-35-38-23)37-25(42)44-27(4,5)6/h9-10,13-15,23,38H,7-8,11-12H2,1-6H3,(H,33,35)(H,37,42)(H,31,32,36,41). The number of rotatable bonds is 6. The van der Waals surface area contributed by atoms with E-state index in [1.807, 2.05) is 37.5 Å². The highest BCUT2D eigenvalue weighted by molar-refractivity contribution is 9.10. The molecule has 2 amide bonds. The predicted octanol–water partition coefficient (Wildman–Crippen LogP) is 4.57. The van der Waals surface area contributed by atoms with Crippen LogP contribution in [0.25, 0.3) is 11.2 Å². The molecule has 2 aliphatic rings. The van der Waals surface area contributed by atoms with Crippen LogP contribution < -0.4 is 26.4 Å². The van der Waals surface area contributed by atoms with Gasteiger partial charge in [0.05, 0.1) is 24.7 Å². The average molecular weight is 692 g/mol. The molecule has 2 atom stereocenters. The van der Waals surface area contributed by atoms with Crippen molar-refractivity contribution < 1.29 is 19.1 Å². The Balaban J connectivity index is 1.44. The summed E-state index contributed by atoms with van der Waals surface area (Å²) in [4.78, 5) is 45.2. The van der Waals surface area contributed by atoms with Crippen molar-refractivity contribution in [2.24, 2.45) is 4.99 Å². The summed E-state index contributed by atoms with van der Waals surface area (Å²) in [7, 11) is 0. The number of aromatic nitrogens is 4. The molecule has 236 valence electrons. The minimum atomic E-state index is -0.772. The molecule has 0 radical (unpaired) electrons. The summed E-state index contributed by atoms with van der Waals surface area (Å²) >= 11 is 10.3. The summed E-state index contributed by atoms with van der Waals surface area (Å²) in [5, 5.41) is 6.32. The number of benzene rings is 1. The molecule has 4 heterocycles. The highest BCUT2D eigenvalue weighted by atomic mass is 79.9. The van der Waals surface area contributed by atoms with E-state index in [1.165, 1.54) is 6.33 Å². The van der Waals surface area contributed by atoms with Crippen LogP contribution in [-0.2, 0) is 16.0 Å². The molecule has 0 saturated carbocycles. The van der Waals surface area contributed by atoms with Crippen LogP contribution in [0.4, 0.5) is 21.1 Å². The van der Waals surface area contributed by atoms with Gasteiger partial charge in [0.25, 0.3) is 0 Å². The molecular formula is C28H36BrClN10O4. The van der Waals surface area contributed by atoms with Crippen LogP contribution in [0.1, 0.15) is 53.5 Å². The maximum absolute atomic E-state index is 13.0. The molecular weight excluding hydrogens is 656 g/mol. The topological polar surface area (TPSA) is 160 Å². The van der Waals surface area contributed by atoms with E-state index in [9.17, 15) is 9.59 Å². The maximum atomic E-state index is 13.0. The molecule has 1 aromatic carbocycles. The molecule has 0 bridgehead atoms. The largest absolute Gasteiger partial charge is 0.444 e. The second-order valence-electron chi connectivity index (χ2n) is 12.7. The first kappa shape index (κ1) is 31.7. The lowest BCUT2D eigenvalue weighted by Gasteiger charge is -2.35. The molecule has 1 fully saturated rings. The Bertz CT molecular complexity index is 1600. The molecule has 5 rings (SSSR count). The first-order chi connectivity index (χ1) is 20.6. The van der Waals surface area contributed by atoms with Crippen molar-refractivity contribution in [1.29, 1.82) is 0 Å². The number of hydrogen-bond donors (Lipinski definition) is 4. The molecule has 1 saturated heterocycles. The number of nitrogens with one attached hydrogen (secondary N) is 4. The summed E-state index contributed by atoms with van der Waals surface area (Å²) in [6.07, 6.45) is 3.60. The number of alkyl carbamates (subject to hydrolysis) is 1. The van der Waals surface area contributed by atoms with Crippen LogP contribution in [-0.4, -0.2) is 74.0 Å². The normalized spacial score (nSPS) is 20.1. The van der Waals surface area contributed by atoms with Gasteiger partial charge >= 0.3 is 12.2 Å². The molecule has 14 nitrogen and oxygen atoms in total. The maximum Gasteiger partial charge on any atom is 0.413 e.